The summed E-state index contributed by atoms with van der Waals surface area (Å²) in [4.78, 5) is 0. The van der Waals surface area contributed by atoms with Gasteiger partial charge in [-0.15, -0.1) is 0 Å². The first-order chi connectivity index (χ1) is 9.20. The lowest BCUT2D eigenvalue weighted by molar-refractivity contribution is 0.402. The molecule has 1 aliphatic rings. The molecule has 1 saturated carbocycles. The topological polar surface area (TPSA) is 38.0 Å². The summed E-state index contributed by atoms with van der Waals surface area (Å²) < 4.78 is 0. The smallest absolute Gasteiger partial charge is 0.0462 e. The van der Waals surface area contributed by atoms with Gasteiger partial charge in [-0.1, -0.05) is 48.9 Å². The van der Waals surface area contributed by atoms with Crippen molar-refractivity contribution in [1.29, 1.82) is 0 Å². The zero-order chi connectivity index (χ0) is 13.7. The molecule has 1 fully saturated rings. The molecule has 19 heavy (non-hydrogen) atoms. The van der Waals surface area contributed by atoms with Crippen LogP contribution in [0.1, 0.15) is 50.1 Å². The van der Waals surface area contributed by atoms with Gasteiger partial charge in [0.15, 0.2) is 0 Å². The van der Waals surface area contributed by atoms with Gasteiger partial charge in [-0.05, 0) is 36.6 Å². The van der Waals surface area contributed by atoms with E-state index in [1.54, 1.807) is 0 Å². The molecule has 0 aliphatic heterocycles. The fourth-order valence-corrected chi connectivity index (χ4v) is 3.23. The molecule has 1 aromatic rings. The second kappa shape index (κ2) is 7.49. The highest BCUT2D eigenvalue weighted by atomic mass is 35.5. The Labute approximate surface area is 125 Å². The van der Waals surface area contributed by atoms with Crippen LogP contribution in [0.5, 0.6) is 0 Å². The average Bonchev–Trinajstić information content (AvgIpc) is 2.67. The Morgan fingerprint density at radius 2 is 1.84 bits per heavy atom. The summed E-state index contributed by atoms with van der Waals surface area (Å²) in [7, 11) is 0. The first-order valence-corrected chi connectivity index (χ1v) is 7.87. The fraction of sp³-hybridized carbons (Fsp3) is 0.600. The molecule has 2 nitrogen and oxygen atoms in total. The molecule has 1 aromatic carbocycles. The molecule has 0 spiro atoms. The Morgan fingerprint density at radius 3 is 2.47 bits per heavy atom. The van der Waals surface area contributed by atoms with Crippen molar-refractivity contribution in [3.63, 3.8) is 0 Å². The SMILES string of the molecule is NCC(NC1CCCCCC1)c1cc(Cl)ccc1Cl. The second-order valence-corrected chi connectivity index (χ2v) is 6.15. The molecule has 0 bridgehead atoms. The Balaban J connectivity index is 2.08. The van der Waals surface area contributed by atoms with Gasteiger partial charge in [-0.25, -0.2) is 0 Å². The van der Waals surface area contributed by atoms with Crippen molar-refractivity contribution in [2.75, 3.05) is 6.54 Å². The largest absolute Gasteiger partial charge is 0.329 e. The van der Waals surface area contributed by atoms with Crippen LogP contribution in [0.3, 0.4) is 0 Å². The summed E-state index contributed by atoms with van der Waals surface area (Å²) in [5.74, 6) is 0. The van der Waals surface area contributed by atoms with Crippen LogP contribution in [0, 0.1) is 0 Å². The lowest BCUT2D eigenvalue weighted by Gasteiger charge is -2.25. The molecule has 3 N–H and O–H groups in total. The number of hydrogen-bond acceptors (Lipinski definition) is 2. The van der Waals surface area contributed by atoms with E-state index in [9.17, 15) is 0 Å². The van der Waals surface area contributed by atoms with Gasteiger partial charge >= 0.3 is 0 Å². The minimum absolute atomic E-state index is 0.0919. The van der Waals surface area contributed by atoms with Gasteiger partial charge in [0.2, 0.25) is 0 Å². The quantitative estimate of drug-likeness (QED) is 0.813. The Kier molecular flexibility index (Phi) is 5.96. The molecule has 106 valence electrons. The van der Waals surface area contributed by atoms with E-state index in [1.807, 2.05) is 18.2 Å². The van der Waals surface area contributed by atoms with Crippen molar-refractivity contribution in [3.8, 4) is 0 Å². The molecular weight excluding hydrogens is 279 g/mol. The third kappa shape index (κ3) is 4.35. The van der Waals surface area contributed by atoms with E-state index < -0.39 is 0 Å². The molecular formula is C15H22Cl2N2. The zero-order valence-corrected chi connectivity index (χ0v) is 12.7. The average molecular weight is 301 g/mol. The summed E-state index contributed by atoms with van der Waals surface area (Å²) in [6.07, 6.45) is 7.77. The van der Waals surface area contributed by atoms with Crippen LogP contribution in [-0.4, -0.2) is 12.6 Å². The first kappa shape index (κ1) is 15.1. The lowest BCUT2D eigenvalue weighted by atomic mass is 10.0. The van der Waals surface area contributed by atoms with E-state index in [2.05, 4.69) is 5.32 Å². The maximum Gasteiger partial charge on any atom is 0.0462 e. The molecule has 0 aromatic heterocycles. The van der Waals surface area contributed by atoms with Crippen LogP contribution in [0.25, 0.3) is 0 Å². The van der Waals surface area contributed by atoms with Gasteiger partial charge in [-0.3, -0.25) is 0 Å². The summed E-state index contributed by atoms with van der Waals surface area (Å²) in [5.41, 5.74) is 6.93. The standard InChI is InChI=1S/C15H22Cl2N2/c16-11-7-8-14(17)13(9-11)15(10-18)19-12-5-3-1-2-4-6-12/h7-9,12,15,19H,1-6,10,18H2. The molecule has 0 heterocycles. The van der Waals surface area contributed by atoms with E-state index in [0.717, 1.165) is 10.6 Å². The molecule has 0 amide bonds. The summed E-state index contributed by atoms with van der Waals surface area (Å²) in [6.45, 7) is 0.538. The van der Waals surface area contributed by atoms with Crippen molar-refractivity contribution < 1.29 is 0 Å². The number of halogens is 2. The maximum absolute atomic E-state index is 6.27. The highest BCUT2D eigenvalue weighted by Gasteiger charge is 2.19. The predicted octanol–water partition coefficient (Wildman–Crippen LogP) is 4.31. The van der Waals surface area contributed by atoms with Crippen molar-refractivity contribution >= 4 is 23.2 Å². The van der Waals surface area contributed by atoms with Crippen molar-refractivity contribution in [2.24, 2.45) is 5.73 Å². The lowest BCUT2D eigenvalue weighted by Crippen LogP contribution is -2.36. The first-order valence-electron chi connectivity index (χ1n) is 7.12. The second-order valence-electron chi connectivity index (χ2n) is 5.31. The van der Waals surface area contributed by atoms with Crippen LogP contribution in [0.15, 0.2) is 18.2 Å². The number of nitrogens with two attached hydrogens (primary N) is 1. The third-order valence-corrected chi connectivity index (χ3v) is 4.44. The molecule has 2 rings (SSSR count). The number of nitrogens with one attached hydrogen (secondary N) is 1. The Hall–Kier alpha value is -0.280. The molecule has 0 saturated heterocycles. The monoisotopic (exact) mass is 300 g/mol. The fourth-order valence-electron chi connectivity index (χ4n) is 2.80. The van der Waals surface area contributed by atoms with Gasteiger partial charge in [-0.2, -0.15) is 0 Å². The normalized spacial score (nSPS) is 19.1. The molecule has 1 atom stereocenters. The van der Waals surface area contributed by atoms with Crippen molar-refractivity contribution in [2.45, 2.75) is 50.6 Å². The number of benzene rings is 1. The molecule has 1 aliphatic carbocycles. The number of hydrogen-bond donors (Lipinski definition) is 2. The minimum Gasteiger partial charge on any atom is -0.329 e. The van der Waals surface area contributed by atoms with Gasteiger partial charge in [0.1, 0.15) is 0 Å². The minimum atomic E-state index is 0.0919. The zero-order valence-electron chi connectivity index (χ0n) is 11.2. The maximum atomic E-state index is 6.27. The van der Waals surface area contributed by atoms with E-state index in [1.165, 1.54) is 38.5 Å². The summed E-state index contributed by atoms with van der Waals surface area (Å²) >= 11 is 12.3. The van der Waals surface area contributed by atoms with Gasteiger partial charge in [0.25, 0.3) is 0 Å². The van der Waals surface area contributed by atoms with Crippen LogP contribution < -0.4 is 11.1 Å². The van der Waals surface area contributed by atoms with Gasteiger partial charge in [0, 0.05) is 28.7 Å². The summed E-state index contributed by atoms with van der Waals surface area (Å²) in [5, 5.41) is 5.11. The van der Waals surface area contributed by atoms with Gasteiger partial charge in [0.05, 0.1) is 0 Å². The number of rotatable bonds is 4. The predicted molar refractivity (Wildman–Crippen MR) is 82.9 cm³/mol. The van der Waals surface area contributed by atoms with Crippen molar-refractivity contribution in [3.05, 3.63) is 33.8 Å². The van der Waals surface area contributed by atoms with Crippen molar-refractivity contribution in [1.82, 2.24) is 5.32 Å². The van der Waals surface area contributed by atoms with Crippen LogP contribution >= 0.6 is 23.2 Å². The third-order valence-electron chi connectivity index (χ3n) is 3.86. The van der Waals surface area contributed by atoms with E-state index >= 15 is 0 Å². The summed E-state index contributed by atoms with van der Waals surface area (Å²) in [6, 6.07) is 6.22. The van der Waals surface area contributed by atoms with E-state index in [-0.39, 0.29) is 6.04 Å². The molecule has 0 radical (unpaired) electrons. The Morgan fingerprint density at radius 1 is 1.16 bits per heavy atom. The van der Waals surface area contributed by atoms with Gasteiger partial charge < -0.3 is 11.1 Å². The Bertz CT molecular complexity index is 401. The highest BCUT2D eigenvalue weighted by molar-refractivity contribution is 6.33. The highest BCUT2D eigenvalue weighted by Crippen LogP contribution is 2.27. The van der Waals surface area contributed by atoms with E-state index in [4.69, 9.17) is 28.9 Å². The van der Waals surface area contributed by atoms with Crippen LogP contribution in [-0.2, 0) is 0 Å². The molecule has 1 unspecified atom stereocenters. The van der Waals surface area contributed by atoms with Crippen LogP contribution in [0.2, 0.25) is 10.0 Å². The van der Waals surface area contributed by atoms with E-state index in [0.29, 0.717) is 17.6 Å². The molecule has 4 heteroatoms. The van der Waals surface area contributed by atoms with Crippen LogP contribution in [0.4, 0.5) is 0 Å².